The fourth-order valence-electron chi connectivity index (χ4n) is 4.19. The highest BCUT2D eigenvalue weighted by Gasteiger charge is 2.54. The summed E-state index contributed by atoms with van der Waals surface area (Å²) in [5.74, 6) is 0.219. The second kappa shape index (κ2) is 6.00. The highest BCUT2D eigenvalue weighted by molar-refractivity contribution is 6.00. The van der Waals surface area contributed by atoms with E-state index in [2.05, 4.69) is 58.5 Å². The number of fused-ring (bicyclic) bond motifs is 3. The molecule has 0 aromatic heterocycles. The van der Waals surface area contributed by atoms with Crippen LogP contribution in [0.3, 0.4) is 0 Å². The van der Waals surface area contributed by atoms with Gasteiger partial charge in [0.2, 0.25) is 5.91 Å². The first-order valence-electron chi connectivity index (χ1n) is 8.94. The van der Waals surface area contributed by atoms with E-state index in [0.29, 0.717) is 5.92 Å². The molecule has 4 rings (SSSR count). The summed E-state index contributed by atoms with van der Waals surface area (Å²) in [6.07, 6.45) is 0.633. The van der Waals surface area contributed by atoms with Crippen LogP contribution in [0.2, 0.25) is 0 Å². The molecule has 7 heteroatoms. The van der Waals surface area contributed by atoms with E-state index < -0.39 is 0 Å². The van der Waals surface area contributed by atoms with E-state index in [0.717, 1.165) is 25.2 Å². The molecule has 3 aliphatic heterocycles. The Labute approximate surface area is 147 Å². The number of rotatable bonds is 2. The quantitative estimate of drug-likeness (QED) is 0.830. The van der Waals surface area contributed by atoms with Crippen molar-refractivity contribution in [2.45, 2.75) is 38.8 Å². The zero-order valence-electron chi connectivity index (χ0n) is 14.9. The van der Waals surface area contributed by atoms with Crippen molar-refractivity contribution in [3.05, 3.63) is 29.8 Å². The molecular weight excluding hydrogens is 318 g/mol. The third-order valence-electron chi connectivity index (χ3n) is 5.53. The van der Waals surface area contributed by atoms with Gasteiger partial charge in [-0.05, 0) is 30.0 Å². The Hall–Kier alpha value is -2.12. The summed E-state index contributed by atoms with van der Waals surface area (Å²) in [5.41, 5.74) is 2.45. The molecule has 3 heterocycles. The first kappa shape index (κ1) is 16.4. The van der Waals surface area contributed by atoms with Gasteiger partial charge in [-0.25, -0.2) is 4.79 Å². The number of carbonyl (C=O) groups excluding carboxylic acids is 2. The van der Waals surface area contributed by atoms with Gasteiger partial charge in [0.15, 0.2) is 0 Å². The Morgan fingerprint density at radius 3 is 2.56 bits per heavy atom. The summed E-state index contributed by atoms with van der Waals surface area (Å²) in [6, 6.07) is 7.91. The smallest absolute Gasteiger partial charge is 0.325 e. The van der Waals surface area contributed by atoms with Gasteiger partial charge < -0.3 is 9.80 Å². The fourth-order valence-corrected chi connectivity index (χ4v) is 4.19. The number of imide groups is 1. The highest BCUT2D eigenvalue weighted by Crippen LogP contribution is 2.32. The van der Waals surface area contributed by atoms with E-state index in [9.17, 15) is 9.59 Å². The van der Waals surface area contributed by atoms with E-state index in [4.69, 9.17) is 0 Å². The molecule has 3 saturated heterocycles. The summed E-state index contributed by atoms with van der Waals surface area (Å²) in [4.78, 5) is 30.5. The maximum absolute atomic E-state index is 12.5. The van der Waals surface area contributed by atoms with Gasteiger partial charge in [0.1, 0.15) is 18.5 Å². The molecule has 3 fully saturated rings. The Morgan fingerprint density at radius 1 is 1.16 bits per heavy atom. The molecule has 0 saturated carbocycles. The molecule has 0 bridgehead atoms. The number of hydrogen-bond donors (Lipinski definition) is 2. The molecule has 0 spiro atoms. The largest absolute Gasteiger partial charge is 0.343 e. The van der Waals surface area contributed by atoms with Crippen molar-refractivity contribution in [2.75, 3.05) is 25.0 Å². The lowest BCUT2D eigenvalue weighted by Crippen LogP contribution is -2.65. The Bertz CT molecular complexity index is 691. The van der Waals surface area contributed by atoms with Gasteiger partial charge in [-0.15, -0.1) is 0 Å². The van der Waals surface area contributed by atoms with E-state index in [1.54, 1.807) is 11.9 Å². The maximum atomic E-state index is 12.5. The molecule has 4 unspecified atom stereocenters. The molecule has 7 nitrogen and oxygen atoms in total. The van der Waals surface area contributed by atoms with E-state index in [1.165, 1.54) is 5.56 Å². The molecule has 3 aliphatic rings. The van der Waals surface area contributed by atoms with Gasteiger partial charge in [-0.2, -0.15) is 0 Å². The summed E-state index contributed by atoms with van der Waals surface area (Å²) in [5, 5.41) is 5.97. The van der Waals surface area contributed by atoms with E-state index >= 15 is 0 Å². The number of urea groups is 1. The van der Waals surface area contributed by atoms with Crippen LogP contribution in [0.25, 0.3) is 0 Å². The molecule has 1 aromatic rings. The van der Waals surface area contributed by atoms with Gasteiger partial charge >= 0.3 is 6.03 Å². The SMILES string of the molecule is CCc1ccc(N2CC(C)CN3C4C(=O)NC(=O)N(C)C4NC23)cc1. The van der Waals surface area contributed by atoms with Crippen molar-refractivity contribution >= 4 is 17.6 Å². The summed E-state index contributed by atoms with van der Waals surface area (Å²) in [7, 11) is 1.73. The lowest BCUT2D eigenvalue weighted by molar-refractivity contribution is -0.128. The van der Waals surface area contributed by atoms with Crippen molar-refractivity contribution in [1.82, 2.24) is 20.4 Å². The molecule has 0 radical (unpaired) electrons. The van der Waals surface area contributed by atoms with Crippen LogP contribution in [0.4, 0.5) is 10.5 Å². The fraction of sp³-hybridized carbons (Fsp3) is 0.556. The van der Waals surface area contributed by atoms with Crippen LogP contribution in [-0.4, -0.2) is 60.4 Å². The topological polar surface area (TPSA) is 67.9 Å². The van der Waals surface area contributed by atoms with Crippen molar-refractivity contribution < 1.29 is 9.59 Å². The molecule has 25 heavy (non-hydrogen) atoms. The first-order valence-corrected chi connectivity index (χ1v) is 8.94. The zero-order valence-corrected chi connectivity index (χ0v) is 14.9. The normalized spacial score (nSPS) is 32.4. The summed E-state index contributed by atoms with van der Waals surface area (Å²) < 4.78 is 0. The molecule has 1 aromatic carbocycles. The predicted octanol–water partition coefficient (Wildman–Crippen LogP) is 0.770. The highest BCUT2D eigenvalue weighted by atomic mass is 16.2. The number of aryl methyl sites for hydroxylation is 1. The molecule has 2 N–H and O–H groups in total. The standard InChI is InChI=1S/C18H25N5O2/c1-4-12-5-7-13(8-6-12)22-9-11(2)10-23-14-15(19-17(22)23)21(3)18(25)20-16(14)24/h5-8,11,14-15,17,19H,4,9-10H2,1-3H3,(H,20,24,25). The average molecular weight is 343 g/mol. The van der Waals surface area contributed by atoms with Crippen molar-refractivity contribution in [3.63, 3.8) is 0 Å². The summed E-state index contributed by atoms with van der Waals surface area (Å²) in [6.45, 7) is 6.09. The maximum Gasteiger partial charge on any atom is 0.325 e. The molecule has 134 valence electrons. The molecule has 0 aliphatic carbocycles. The lowest BCUT2D eigenvalue weighted by atomic mass is 10.0. The molecule has 4 atom stereocenters. The van der Waals surface area contributed by atoms with Gasteiger partial charge in [0, 0.05) is 25.8 Å². The zero-order chi connectivity index (χ0) is 17.7. The Kier molecular flexibility index (Phi) is 3.92. The number of hydrogen-bond acceptors (Lipinski definition) is 5. The average Bonchev–Trinajstić information content (AvgIpc) is 2.99. The number of nitrogens with zero attached hydrogens (tertiary/aromatic N) is 3. The Morgan fingerprint density at radius 2 is 1.88 bits per heavy atom. The van der Waals surface area contributed by atoms with Gasteiger partial charge in [0.25, 0.3) is 0 Å². The van der Waals surface area contributed by atoms with Crippen LogP contribution < -0.4 is 15.5 Å². The number of anilines is 1. The van der Waals surface area contributed by atoms with E-state index in [1.807, 2.05) is 0 Å². The minimum Gasteiger partial charge on any atom is -0.343 e. The van der Waals surface area contributed by atoms with Gasteiger partial charge in [-0.3, -0.25) is 20.3 Å². The number of benzene rings is 1. The number of nitrogens with one attached hydrogen (secondary N) is 2. The molecular formula is C18H25N5O2. The van der Waals surface area contributed by atoms with Crippen LogP contribution in [0.15, 0.2) is 24.3 Å². The number of likely N-dealkylation sites (N-methyl/N-ethyl adjacent to an activating group) is 1. The van der Waals surface area contributed by atoms with Gasteiger partial charge in [-0.1, -0.05) is 26.0 Å². The lowest BCUT2D eigenvalue weighted by Gasteiger charge is -2.45. The van der Waals surface area contributed by atoms with Crippen molar-refractivity contribution in [2.24, 2.45) is 5.92 Å². The minimum atomic E-state index is -0.354. The molecule has 3 amide bonds. The van der Waals surface area contributed by atoms with Crippen molar-refractivity contribution in [1.29, 1.82) is 0 Å². The second-order valence-corrected chi connectivity index (χ2v) is 7.31. The van der Waals surface area contributed by atoms with Crippen LogP contribution >= 0.6 is 0 Å². The van der Waals surface area contributed by atoms with Crippen LogP contribution in [0, 0.1) is 5.92 Å². The van der Waals surface area contributed by atoms with Crippen LogP contribution in [0.5, 0.6) is 0 Å². The Balaban J connectivity index is 1.66. The van der Waals surface area contributed by atoms with Crippen molar-refractivity contribution in [3.8, 4) is 0 Å². The van der Waals surface area contributed by atoms with Gasteiger partial charge in [0.05, 0.1) is 0 Å². The van der Waals surface area contributed by atoms with Crippen LogP contribution in [0.1, 0.15) is 19.4 Å². The summed E-state index contributed by atoms with van der Waals surface area (Å²) >= 11 is 0. The monoisotopic (exact) mass is 343 g/mol. The minimum absolute atomic E-state index is 0.0854. The first-order chi connectivity index (χ1) is 12.0. The van der Waals surface area contributed by atoms with E-state index in [-0.39, 0.29) is 30.4 Å². The second-order valence-electron chi connectivity index (χ2n) is 7.31. The predicted molar refractivity (Wildman–Crippen MR) is 94.8 cm³/mol. The third-order valence-corrected chi connectivity index (χ3v) is 5.53. The number of carbonyl (C=O) groups is 2. The van der Waals surface area contributed by atoms with Crippen LogP contribution in [-0.2, 0) is 11.2 Å². The number of amides is 3. The third kappa shape index (κ3) is 2.58.